The summed E-state index contributed by atoms with van der Waals surface area (Å²) in [5.41, 5.74) is 0. The van der Waals surface area contributed by atoms with E-state index < -0.39 is 29.8 Å². The number of piperazine rings is 1. The highest BCUT2D eigenvalue weighted by Crippen LogP contribution is 2.12. The van der Waals surface area contributed by atoms with E-state index in [-0.39, 0.29) is 18.4 Å². The van der Waals surface area contributed by atoms with Gasteiger partial charge in [0.05, 0.1) is 0 Å². The monoisotopic (exact) mass is 269 g/mol. The highest BCUT2D eigenvalue weighted by molar-refractivity contribution is 6.05. The Morgan fingerprint density at radius 1 is 1.37 bits per heavy atom. The largest absolute Gasteiger partial charge is 0.344 e. The summed E-state index contributed by atoms with van der Waals surface area (Å²) in [6, 6.07) is -1.46. The Balaban J connectivity index is 2.91. The molecule has 1 aliphatic rings. The van der Waals surface area contributed by atoms with E-state index >= 15 is 0 Å². The summed E-state index contributed by atoms with van der Waals surface area (Å²) in [6.45, 7) is 6.27. The van der Waals surface area contributed by atoms with Crippen LogP contribution >= 0.6 is 0 Å². The Hall–Kier alpha value is -1.92. The molecule has 1 saturated heterocycles. The maximum absolute atomic E-state index is 12.4. The molecule has 2 unspecified atom stereocenters. The molecular formula is C12H19N3O4. The maximum Gasteiger partial charge on any atom is 0.249 e. The summed E-state index contributed by atoms with van der Waals surface area (Å²) < 4.78 is 0. The molecule has 0 bridgehead atoms. The minimum atomic E-state index is -0.737. The van der Waals surface area contributed by atoms with E-state index in [2.05, 4.69) is 10.6 Å². The van der Waals surface area contributed by atoms with Crippen molar-refractivity contribution in [2.45, 2.75) is 39.8 Å². The average Bonchev–Trinajstić information content (AvgIpc) is 2.29. The molecule has 0 spiro atoms. The maximum atomic E-state index is 12.4. The molecule has 0 aliphatic carbocycles. The van der Waals surface area contributed by atoms with Crippen LogP contribution < -0.4 is 10.6 Å². The van der Waals surface area contributed by atoms with E-state index in [0.29, 0.717) is 0 Å². The van der Waals surface area contributed by atoms with Crippen LogP contribution in [0.25, 0.3) is 0 Å². The van der Waals surface area contributed by atoms with E-state index in [9.17, 15) is 19.2 Å². The van der Waals surface area contributed by atoms with Crippen molar-refractivity contribution in [3.05, 3.63) is 0 Å². The number of imide groups is 1. The topological polar surface area (TPSA) is 95.6 Å². The van der Waals surface area contributed by atoms with Gasteiger partial charge in [0, 0.05) is 6.92 Å². The molecule has 1 aliphatic heterocycles. The van der Waals surface area contributed by atoms with Crippen LogP contribution in [0.1, 0.15) is 27.7 Å². The summed E-state index contributed by atoms with van der Waals surface area (Å²) in [5, 5.41) is 4.72. The van der Waals surface area contributed by atoms with E-state index in [0.717, 1.165) is 0 Å². The molecule has 0 saturated carbocycles. The van der Waals surface area contributed by atoms with Crippen LogP contribution in [0.3, 0.4) is 0 Å². The molecule has 7 heteroatoms. The zero-order valence-electron chi connectivity index (χ0n) is 11.5. The fraction of sp³-hybridized carbons (Fsp3) is 0.667. The second kappa shape index (κ2) is 5.81. The van der Waals surface area contributed by atoms with E-state index in [1.807, 2.05) is 0 Å². The van der Waals surface area contributed by atoms with Crippen LogP contribution in [0.5, 0.6) is 0 Å². The van der Waals surface area contributed by atoms with Gasteiger partial charge in [-0.15, -0.1) is 0 Å². The van der Waals surface area contributed by atoms with Gasteiger partial charge in [-0.1, -0.05) is 13.8 Å². The minimum Gasteiger partial charge on any atom is -0.344 e. The van der Waals surface area contributed by atoms with Crippen LogP contribution in [-0.4, -0.2) is 47.2 Å². The molecule has 1 heterocycles. The van der Waals surface area contributed by atoms with E-state index in [1.54, 1.807) is 20.8 Å². The quantitative estimate of drug-likeness (QED) is 0.644. The number of hydrogen-bond acceptors (Lipinski definition) is 4. The molecule has 4 amide bonds. The summed E-state index contributed by atoms with van der Waals surface area (Å²) in [7, 11) is 0. The lowest BCUT2D eigenvalue weighted by Gasteiger charge is -2.35. The number of nitrogens with one attached hydrogen (secondary N) is 2. The van der Waals surface area contributed by atoms with Crippen molar-refractivity contribution in [1.29, 1.82) is 0 Å². The lowest BCUT2D eigenvalue weighted by Crippen LogP contribution is -2.62. The lowest BCUT2D eigenvalue weighted by atomic mass is 10.0. The molecule has 1 rings (SSSR count). The van der Waals surface area contributed by atoms with Crippen LogP contribution in [-0.2, 0) is 19.2 Å². The van der Waals surface area contributed by atoms with Crippen molar-refractivity contribution in [3.63, 3.8) is 0 Å². The van der Waals surface area contributed by atoms with Crippen molar-refractivity contribution in [2.75, 3.05) is 6.54 Å². The zero-order valence-corrected chi connectivity index (χ0v) is 11.5. The zero-order chi connectivity index (χ0) is 14.7. The minimum absolute atomic E-state index is 0.135. The van der Waals surface area contributed by atoms with Gasteiger partial charge in [-0.3, -0.25) is 24.5 Å². The fourth-order valence-electron chi connectivity index (χ4n) is 1.89. The van der Waals surface area contributed by atoms with Crippen LogP contribution in [0.4, 0.5) is 0 Å². The number of carbonyl (C=O) groups excluding carboxylic acids is 4. The van der Waals surface area contributed by atoms with Gasteiger partial charge < -0.3 is 10.2 Å². The van der Waals surface area contributed by atoms with Crippen LogP contribution in [0.2, 0.25) is 0 Å². The smallest absolute Gasteiger partial charge is 0.249 e. The molecular weight excluding hydrogens is 250 g/mol. The Morgan fingerprint density at radius 3 is 2.42 bits per heavy atom. The fourth-order valence-corrected chi connectivity index (χ4v) is 1.89. The highest BCUT2D eigenvalue weighted by Gasteiger charge is 2.37. The van der Waals surface area contributed by atoms with Crippen molar-refractivity contribution in [1.82, 2.24) is 15.5 Å². The van der Waals surface area contributed by atoms with Crippen molar-refractivity contribution in [2.24, 2.45) is 5.92 Å². The first kappa shape index (κ1) is 15.1. The highest BCUT2D eigenvalue weighted by atomic mass is 16.2. The molecule has 2 N–H and O–H groups in total. The second-order valence-electron chi connectivity index (χ2n) is 4.98. The Bertz CT molecular complexity index is 419. The number of carbonyl (C=O) groups is 4. The molecule has 0 aromatic carbocycles. The predicted octanol–water partition coefficient (Wildman–Crippen LogP) is -0.979. The second-order valence-corrected chi connectivity index (χ2v) is 4.98. The molecule has 1 fully saturated rings. The Morgan fingerprint density at radius 2 is 1.95 bits per heavy atom. The van der Waals surface area contributed by atoms with Crippen LogP contribution in [0, 0.1) is 5.92 Å². The van der Waals surface area contributed by atoms with Gasteiger partial charge in [0.2, 0.25) is 23.6 Å². The van der Waals surface area contributed by atoms with E-state index in [4.69, 9.17) is 0 Å². The molecule has 7 nitrogen and oxygen atoms in total. The van der Waals surface area contributed by atoms with Gasteiger partial charge in [-0.05, 0) is 12.8 Å². The van der Waals surface area contributed by atoms with Gasteiger partial charge in [-0.25, -0.2) is 0 Å². The van der Waals surface area contributed by atoms with Gasteiger partial charge in [0.25, 0.3) is 0 Å². The Labute approximate surface area is 111 Å². The number of hydrogen-bond donors (Lipinski definition) is 2. The third-order valence-corrected chi connectivity index (χ3v) is 3.00. The Kier molecular flexibility index (Phi) is 4.63. The molecule has 0 aromatic rings. The first-order valence-corrected chi connectivity index (χ1v) is 6.15. The van der Waals surface area contributed by atoms with Crippen molar-refractivity contribution < 1.29 is 19.2 Å². The number of nitrogens with zero attached hydrogens (tertiary/aromatic N) is 1. The van der Waals surface area contributed by atoms with Crippen molar-refractivity contribution in [3.8, 4) is 0 Å². The molecule has 19 heavy (non-hydrogen) atoms. The van der Waals surface area contributed by atoms with E-state index in [1.165, 1.54) is 11.8 Å². The summed E-state index contributed by atoms with van der Waals surface area (Å²) in [4.78, 5) is 47.5. The summed E-state index contributed by atoms with van der Waals surface area (Å²) in [5.74, 6) is -1.89. The van der Waals surface area contributed by atoms with Crippen LogP contribution in [0.15, 0.2) is 0 Å². The van der Waals surface area contributed by atoms with Gasteiger partial charge in [0.15, 0.2) is 0 Å². The third kappa shape index (κ3) is 3.52. The summed E-state index contributed by atoms with van der Waals surface area (Å²) >= 11 is 0. The molecule has 0 aromatic heterocycles. The first-order valence-electron chi connectivity index (χ1n) is 6.15. The summed E-state index contributed by atoms with van der Waals surface area (Å²) in [6.07, 6.45) is 0. The average molecular weight is 269 g/mol. The lowest BCUT2D eigenvalue weighted by molar-refractivity contribution is -0.151. The third-order valence-electron chi connectivity index (χ3n) is 3.00. The molecule has 2 atom stereocenters. The molecule has 106 valence electrons. The normalized spacial score (nSPS) is 21.1. The number of rotatable bonds is 3. The van der Waals surface area contributed by atoms with Gasteiger partial charge in [-0.2, -0.15) is 0 Å². The SMILES string of the molecule is CC(=O)NC(C(=O)N1CC(=O)NC(=O)C1C)C(C)C. The van der Waals surface area contributed by atoms with Gasteiger partial charge >= 0.3 is 0 Å². The van der Waals surface area contributed by atoms with Crippen molar-refractivity contribution >= 4 is 23.6 Å². The standard InChI is InChI=1S/C12H19N3O4/c1-6(2)10(13-8(4)16)12(19)15-5-9(17)14-11(18)7(15)3/h6-7,10H,5H2,1-4H3,(H,13,16)(H,14,17,18). The predicted molar refractivity (Wildman–Crippen MR) is 66.8 cm³/mol. The van der Waals surface area contributed by atoms with Gasteiger partial charge in [0.1, 0.15) is 18.6 Å². The number of amides is 4. The molecule has 0 radical (unpaired) electrons. The first-order chi connectivity index (χ1) is 8.73.